The number of amides is 2. The summed E-state index contributed by atoms with van der Waals surface area (Å²) in [5.74, 6) is 5.11. The smallest absolute Gasteiger partial charge is 0.242 e. The van der Waals surface area contributed by atoms with Gasteiger partial charge in [-0.1, -0.05) is 12.1 Å². The van der Waals surface area contributed by atoms with Crippen LogP contribution in [0.1, 0.15) is 18.4 Å². The number of carbonyl (C=O) groups excluding carboxylic acids is 2. The van der Waals surface area contributed by atoms with E-state index in [1.54, 1.807) is 30.1 Å². The summed E-state index contributed by atoms with van der Waals surface area (Å²) < 4.78 is 0. The number of hydrazone groups is 1. The lowest BCUT2D eigenvalue weighted by molar-refractivity contribution is -0.136. The van der Waals surface area contributed by atoms with E-state index >= 15 is 0 Å². The number of likely N-dealkylation sites (tertiary alicyclic amines) is 1. The van der Waals surface area contributed by atoms with Crippen molar-refractivity contribution in [3.63, 3.8) is 0 Å². The molecule has 2 amide bonds. The summed E-state index contributed by atoms with van der Waals surface area (Å²) >= 11 is 0. The van der Waals surface area contributed by atoms with E-state index in [4.69, 9.17) is 11.6 Å². The minimum absolute atomic E-state index is 0.100. The van der Waals surface area contributed by atoms with Crippen LogP contribution in [0, 0.1) is 0 Å². The van der Waals surface area contributed by atoms with Crippen molar-refractivity contribution in [3.8, 4) is 0 Å². The number of benzene rings is 1. The van der Waals surface area contributed by atoms with Crippen molar-refractivity contribution in [3.05, 3.63) is 29.8 Å². The first kappa shape index (κ1) is 17.5. The van der Waals surface area contributed by atoms with E-state index in [0.717, 1.165) is 12.1 Å². The molecule has 1 fully saturated rings. The third-order valence-electron chi connectivity index (χ3n) is 3.91. The molecule has 9 heteroatoms. The van der Waals surface area contributed by atoms with E-state index in [0.29, 0.717) is 18.5 Å². The van der Waals surface area contributed by atoms with Gasteiger partial charge in [0.05, 0.1) is 6.54 Å². The van der Waals surface area contributed by atoms with Gasteiger partial charge in [-0.15, -0.1) is 5.10 Å². The van der Waals surface area contributed by atoms with Gasteiger partial charge in [-0.05, 0) is 25.0 Å². The van der Waals surface area contributed by atoms with Crippen LogP contribution in [0.5, 0.6) is 0 Å². The molecule has 0 spiro atoms. The number of nitrogens with two attached hydrogens (primary N) is 2. The third-order valence-corrected chi connectivity index (χ3v) is 3.91. The maximum Gasteiger partial charge on any atom is 0.242 e. The maximum atomic E-state index is 12.4. The highest BCUT2D eigenvalue weighted by Gasteiger charge is 2.33. The van der Waals surface area contributed by atoms with E-state index in [2.05, 4.69) is 21.3 Å². The summed E-state index contributed by atoms with van der Waals surface area (Å²) in [6, 6.07) is 6.79. The van der Waals surface area contributed by atoms with Crippen molar-refractivity contribution in [1.82, 2.24) is 15.8 Å². The Hall–Kier alpha value is -2.81. The van der Waals surface area contributed by atoms with Gasteiger partial charge in [0.2, 0.25) is 11.8 Å². The minimum atomic E-state index is -0.381. The van der Waals surface area contributed by atoms with Gasteiger partial charge in [-0.3, -0.25) is 9.59 Å². The van der Waals surface area contributed by atoms with Gasteiger partial charge in [0.25, 0.3) is 0 Å². The van der Waals surface area contributed by atoms with Gasteiger partial charge in [0.15, 0.2) is 5.84 Å². The Morgan fingerprint density at radius 3 is 2.92 bits per heavy atom. The number of likely N-dealkylation sites (N-methyl/N-ethyl adjacent to an activating group) is 1. The van der Waals surface area contributed by atoms with Gasteiger partial charge in [0.1, 0.15) is 6.04 Å². The van der Waals surface area contributed by atoms with E-state index in [1.165, 1.54) is 0 Å². The molecular weight excluding hydrogens is 310 g/mol. The zero-order valence-corrected chi connectivity index (χ0v) is 13.6. The lowest BCUT2D eigenvalue weighted by Gasteiger charge is -2.23. The highest BCUT2D eigenvalue weighted by atomic mass is 16.2. The highest BCUT2D eigenvalue weighted by Crippen LogP contribution is 2.18. The van der Waals surface area contributed by atoms with Crippen molar-refractivity contribution in [2.75, 3.05) is 25.5 Å². The molecule has 130 valence electrons. The molecule has 0 aromatic heterocycles. The Morgan fingerprint density at radius 2 is 2.21 bits per heavy atom. The molecule has 1 heterocycles. The number of nitrogens with one attached hydrogen (secondary N) is 3. The van der Waals surface area contributed by atoms with Crippen LogP contribution in [0.25, 0.3) is 0 Å². The van der Waals surface area contributed by atoms with Crippen LogP contribution in [0.4, 0.5) is 5.69 Å². The zero-order chi connectivity index (χ0) is 17.5. The van der Waals surface area contributed by atoms with Crippen molar-refractivity contribution >= 4 is 23.3 Å². The standard InChI is InChI=1S/C15H23N7O2/c1-18-15(24)12-6-3-7-22(12)13(23)9-19-11-5-2-4-10(8-11)14(16)20-21-17/h2,4-5,8,12,19,21H,3,6-7,9,17H2,1H3,(H2,16,20)(H,18,24). The van der Waals surface area contributed by atoms with Crippen molar-refractivity contribution in [2.45, 2.75) is 18.9 Å². The van der Waals surface area contributed by atoms with Crippen LogP contribution < -0.4 is 27.7 Å². The first-order valence-corrected chi connectivity index (χ1v) is 7.71. The fourth-order valence-electron chi connectivity index (χ4n) is 2.71. The van der Waals surface area contributed by atoms with Gasteiger partial charge >= 0.3 is 0 Å². The second-order valence-corrected chi connectivity index (χ2v) is 5.42. The fraction of sp³-hybridized carbons (Fsp3) is 0.400. The van der Waals surface area contributed by atoms with Gasteiger partial charge in [0, 0.05) is 24.8 Å². The predicted octanol–water partition coefficient (Wildman–Crippen LogP) is -1.08. The topological polar surface area (TPSA) is 138 Å². The molecule has 7 N–H and O–H groups in total. The lowest BCUT2D eigenvalue weighted by atomic mass is 10.2. The van der Waals surface area contributed by atoms with Crippen LogP contribution in [0.3, 0.4) is 0 Å². The summed E-state index contributed by atoms with van der Waals surface area (Å²) in [7, 11) is 1.58. The molecule has 9 nitrogen and oxygen atoms in total. The third kappa shape index (κ3) is 4.13. The number of anilines is 1. The number of amidine groups is 1. The Labute approximate surface area is 140 Å². The molecule has 0 bridgehead atoms. The van der Waals surface area contributed by atoms with Gasteiger partial charge in [-0.25, -0.2) is 11.4 Å². The minimum Gasteiger partial charge on any atom is -0.382 e. The molecule has 1 aliphatic heterocycles. The van der Waals surface area contributed by atoms with Crippen molar-refractivity contribution < 1.29 is 9.59 Å². The number of hydrogen-bond donors (Lipinski definition) is 5. The SMILES string of the molecule is CNC(=O)C1CCCN1C(=O)CNc1cccc(/C(N)=N/NN)c1. The maximum absolute atomic E-state index is 12.4. The molecule has 0 saturated carbocycles. The molecule has 1 unspecified atom stereocenters. The molecule has 1 saturated heterocycles. The average molecular weight is 333 g/mol. The molecule has 2 rings (SSSR count). The highest BCUT2D eigenvalue weighted by molar-refractivity contribution is 5.98. The van der Waals surface area contributed by atoms with E-state index in [9.17, 15) is 9.59 Å². The predicted molar refractivity (Wildman–Crippen MR) is 91.8 cm³/mol. The summed E-state index contributed by atoms with van der Waals surface area (Å²) in [5.41, 5.74) is 9.30. The van der Waals surface area contributed by atoms with E-state index in [1.807, 2.05) is 6.07 Å². The second kappa shape index (κ2) is 8.16. The monoisotopic (exact) mass is 333 g/mol. The quantitative estimate of drug-likeness (QED) is 0.194. The molecule has 1 aromatic carbocycles. The fourth-order valence-corrected chi connectivity index (χ4v) is 2.71. The molecule has 0 aliphatic carbocycles. The van der Waals surface area contributed by atoms with E-state index in [-0.39, 0.29) is 30.2 Å². The van der Waals surface area contributed by atoms with Crippen LogP contribution in [0.2, 0.25) is 0 Å². The Bertz CT molecular complexity index is 632. The molecule has 0 radical (unpaired) electrons. The number of rotatable bonds is 6. The molecule has 24 heavy (non-hydrogen) atoms. The summed E-state index contributed by atoms with van der Waals surface area (Å²) in [4.78, 5) is 25.8. The number of hydrazine groups is 1. The number of nitrogens with zero attached hydrogens (tertiary/aromatic N) is 2. The van der Waals surface area contributed by atoms with Crippen molar-refractivity contribution in [1.29, 1.82) is 0 Å². The van der Waals surface area contributed by atoms with Gasteiger partial charge < -0.3 is 21.3 Å². The largest absolute Gasteiger partial charge is 0.382 e. The van der Waals surface area contributed by atoms with Gasteiger partial charge in [-0.2, -0.15) is 0 Å². The Balaban J connectivity index is 1.98. The van der Waals surface area contributed by atoms with Crippen molar-refractivity contribution in [2.24, 2.45) is 16.7 Å². The van der Waals surface area contributed by atoms with Crippen LogP contribution in [-0.4, -0.2) is 48.7 Å². The van der Waals surface area contributed by atoms with Crippen LogP contribution in [0.15, 0.2) is 29.4 Å². The summed E-state index contributed by atoms with van der Waals surface area (Å²) in [6.07, 6.45) is 1.53. The average Bonchev–Trinajstić information content (AvgIpc) is 3.09. The van der Waals surface area contributed by atoms with E-state index < -0.39 is 0 Å². The number of carbonyl (C=O) groups is 2. The lowest BCUT2D eigenvalue weighted by Crippen LogP contribution is -2.46. The Kier molecular flexibility index (Phi) is 5.96. The molecular formula is C15H23N7O2. The normalized spacial score (nSPS) is 17.5. The summed E-state index contributed by atoms with van der Waals surface area (Å²) in [5, 5.41) is 9.36. The molecule has 1 aliphatic rings. The zero-order valence-electron chi connectivity index (χ0n) is 13.6. The summed E-state index contributed by atoms with van der Waals surface area (Å²) in [6.45, 7) is 0.698. The Morgan fingerprint density at radius 1 is 1.42 bits per heavy atom. The van der Waals surface area contributed by atoms with Crippen LogP contribution >= 0.6 is 0 Å². The first-order valence-electron chi connectivity index (χ1n) is 7.71. The van der Waals surface area contributed by atoms with Crippen LogP contribution in [-0.2, 0) is 9.59 Å². The molecule has 1 atom stereocenters. The second-order valence-electron chi connectivity index (χ2n) is 5.42. The number of hydrogen-bond acceptors (Lipinski definition) is 6. The molecule has 1 aromatic rings. The first-order chi connectivity index (χ1) is 11.6.